The van der Waals surface area contributed by atoms with Crippen molar-refractivity contribution >= 4 is 5.65 Å². The third-order valence-corrected chi connectivity index (χ3v) is 3.94. The molecule has 3 aromatic heterocycles. The molecular formula is C16H17N5. The lowest BCUT2D eigenvalue weighted by molar-refractivity contribution is 0.238. The van der Waals surface area contributed by atoms with Crippen molar-refractivity contribution in [2.45, 2.75) is 26.4 Å². The molecule has 1 aliphatic heterocycles. The zero-order valence-corrected chi connectivity index (χ0v) is 12.0. The molecule has 21 heavy (non-hydrogen) atoms. The standard InChI is InChI=1S/C16H17N5/c1-12-17-8-13-5-7-20(11-15(13)18-12)9-14-10-21-6-3-2-4-16(21)19-14/h2-4,6,8,10H,5,7,9,11H2,1H3. The van der Waals surface area contributed by atoms with Crippen molar-refractivity contribution in [3.63, 3.8) is 0 Å². The molecule has 5 nitrogen and oxygen atoms in total. The minimum atomic E-state index is 0.850. The van der Waals surface area contributed by atoms with Crippen molar-refractivity contribution in [3.8, 4) is 0 Å². The maximum atomic E-state index is 4.67. The first-order valence-corrected chi connectivity index (χ1v) is 7.24. The summed E-state index contributed by atoms with van der Waals surface area (Å²) >= 11 is 0. The van der Waals surface area contributed by atoms with E-state index in [2.05, 4.69) is 30.4 Å². The van der Waals surface area contributed by atoms with Crippen LogP contribution >= 0.6 is 0 Å². The van der Waals surface area contributed by atoms with Crippen molar-refractivity contribution < 1.29 is 0 Å². The normalized spacial score (nSPS) is 15.3. The van der Waals surface area contributed by atoms with Crippen LogP contribution in [0.3, 0.4) is 0 Å². The number of pyridine rings is 1. The van der Waals surface area contributed by atoms with Gasteiger partial charge in [0.15, 0.2) is 0 Å². The van der Waals surface area contributed by atoms with Gasteiger partial charge < -0.3 is 4.40 Å². The average Bonchev–Trinajstić information content (AvgIpc) is 2.89. The van der Waals surface area contributed by atoms with Crippen LogP contribution in [0.5, 0.6) is 0 Å². The molecule has 0 aromatic carbocycles. The van der Waals surface area contributed by atoms with Gasteiger partial charge in [0.1, 0.15) is 11.5 Å². The summed E-state index contributed by atoms with van der Waals surface area (Å²) in [7, 11) is 0. The second-order valence-corrected chi connectivity index (χ2v) is 5.55. The molecule has 0 spiro atoms. The third kappa shape index (κ3) is 2.40. The summed E-state index contributed by atoms with van der Waals surface area (Å²) in [6.07, 6.45) is 7.13. The Balaban J connectivity index is 1.55. The van der Waals surface area contributed by atoms with Crippen LogP contribution in [0.2, 0.25) is 0 Å². The molecule has 4 rings (SSSR count). The van der Waals surface area contributed by atoms with Gasteiger partial charge >= 0.3 is 0 Å². The maximum Gasteiger partial charge on any atom is 0.137 e. The molecular weight excluding hydrogens is 262 g/mol. The first-order chi connectivity index (χ1) is 10.3. The van der Waals surface area contributed by atoms with Gasteiger partial charge in [-0.3, -0.25) is 4.90 Å². The van der Waals surface area contributed by atoms with E-state index < -0.39 is 0 Å². The highest BCUT2D eigenvalue weighted by Crippen LogP contribution is 2.18. The van der Waals surface area contributed by atoms with E-state index in [1.54, 1.807) is 0 Å². The number of aromatic nitrogens is 4. The van der Waals surface area contributed by atoms with E-state index in [-0.39, 0.29) is 0 Å². The fourth-order valence-corrected chi connectivity index (χ4v) is 2.88. The lowest BCUT2D eigenvalue weighted by atomic mass is 10.1. The lowest BCUT2D eigenvalue weighted by Gasteiger charge is -2.27. The molecule has 0 radical (unpaired) electrons. The summed E-state index contributed by atoms with van der Waals surface area (Å²) in [5.41, 5.74) is 4.56. The van der Waals surface area contributed by atoms with Crippen LogP contribution in [0.25, 0.3) is 5.65 Å². The number of aryl methyl sites for hydroxylation is 1. The lowest BCUT2D eigenvalue weighted by Crippen LogP contribution is -2.31. The Morgan fingerprint density at radius 3 is 3.10 bits per heavy atom. The SMILES string of the molecule is Cc1ncc2c(n1)CN(Cc1cn3ccccc3n1)CC2. The Morgan fingerprint density at radius 2 is 2.19 bits per heavy atom. The van der Waals surface area contributed by atoms with Crippen molar-refractivity contribution in [2.24, 2.45) is 0 Å². The van der Waals surface area contributed by atoms with E-state index in [0.717, 1.165) is 48.9 Å². The Kier molecular flexibility index (Phi) is 2.93. The van der Waals surface area contributed by atoms with Gasteiger partial charge in [0.2, 0.25) is 0 Å². The molecule has 5 heteroatoms. The van der Waals surface area contributed by atoms with E-state index in [0.29, 0.717) is 0 Å². The highest BCUT2D eigenvalue weighted by atomic mass is 15.2. The number of fused-ring (bicyclic) bond motifs is 2. The van der Waals surface area contributed by atoms with Gasteiger partial charge in [-0.05, 0) is 31.0 Å². The average molecular weight is 279 g/mol. The summed E-state index contributed by atoms with van der Waals surface area (Å²) < 4.78 is 2.07. The molecule has 0 aliphatic carbocycles. The first kappa shape index (κ1) is 12.5. The monoisotopic (exact) mass is 279 g/mol. The molecule has 0 atom stereocenters. The number of hydrogen-bond donors (Lipinski definition) is 0. The summed E-state index contributed by atoms with van der Waals surface area (Å²) in [6.45, 7) is 4.73. The highest BCUT2D eigenvalue weighted by Gasteiger charge is 2.18. The van der Waals surface area contributed by atoms with E-state index >= 15 is 0 Å². The molecule has 0 fully saturated rings. The van der Waals surface area contributed by atoms with Crippen LogP contribution in [0, 0.1) is 6.92 Å². The minimum absolute atomic E-state index is 0.850. The van der Waals surface area contributed by atoms with Crippen molar-refractivity contribution in [3.05, 3.63) is 59.6 Å². The molecule has 106 valence electrons. The number of rotatable bonds is 2. The van der Waals surface area contributed by atoms with Crippen LogP contribution < -0.4 is 0 Å². The topological polar surface area (TPSA) is 46.3 Å². The molecule has 0 amide bonds. The van der Waals surface area contributed by atoms with Crippen molar-refractivity contribution in [1.82, 2.24) is 24.3 Å². The smallest absolute Gasteiger partial charge is 0.137 e. The fourth-order valence-electron chi connectivity index (χ4n) is 2.88. The van der Waals surface area contributed by atoms with Crippen molar-refractivity contribution in [1.29, 1.82) is 0 Å². The predicted octanol–water partition coefficient (Wildman–Crippen LogP) is 1.99. The minimum Gasteiger partial charge on any atom is -0.307 e. The molecule has 0 bridgehead atoms. The molecule has 0 saturated heterocycles. The van der Waals surface area contributed by atoms with Crippen LogP contribution in [-0.2, 0) is 19.5 Å². The third-order valence-electron chi connectivity index (χ3n) is 3.94. The van der Waals surface area contributed by atoms with Crippen LogP contribution in [-0.4, -0.2) is 30.8 Å². The Bertz CT molecular complexity index is 759. The molecule has 3 aromatic rings. The number of hydrogen-bond acceptors (Lipinski definition) is 4. The van der Waals surface area contributed by atoms with Gasteiger partial charge in [-0.1, -0.05) is 6.07 Å². The van der Waals surface area contributed by atoms with E-state index in [9.17, 15) is 0 Å². The van der Waals surface area contributed by atoms with Crippen molar-refractivity contribution in [2.75, 3.05) is 6.54 Å². The predicted molar refractivity (Wildman–Crippen MR) is 79.8 cm³/mol. The quantitative estimate of drug-likeness (QED) is 0.720. The van der Waals surface area contributed by atoms with Crippen LogP contribution in [0.15, 0.2) is 36.8 Å². The number of nitrogens with zero attached hydrogens (tertiary/aromatic N) is 5. The van der Waals surface area contributed by atoms with Crippen LogP contribution in [0.4, 0.5) is 0 Å². The highest BCUT2D eigenvalue weighted by molar-refractivity contribution is 5.39. The second kappa shape index (κ2) is 4.93. The summed E-state index contributed by atoms with van der Waals surface area (Å²) in [6, 6.07) is 6.07. The summed E-state index contributed by atoms with van der Waals surface area (Å²) in [5, 5.41) is 0. The van der Waals surface area contributed by atoms with Gasteiger partial charge in [-0.15, -0.1) is 0 Å². The Morgan fingerprint density at radius 1 is 1.24 bits per heavy atom. The largest absolute Gasteiger partial charge is 0.307 e. The summed E-state index contributed by atoms with van der Waals surface area (Å²) in [4.78, 5) is 15.9. The molecule has 0 saturated carbocycles. The molecule has 0 N–H and O–H groups in total. The Labute approximate surface area is 123 Å². The van der Waals surface area contributed by atoms with Gasteiger partial charge in [-0.25, -0.2) is 15.0 Å². The molecule has 0 unspecified atom stereocenters. The molecule has 1 aliphatic rings. The maximum absolute atomic E-state index is 4.67. The van der Waals surface area contributed by atoms with E-state index in [1.807, 2.05) is 37.5 Å². The van der Waals surface area contributed by atoms with Gasteiger partial charge in [0.25, 0.3) is 0 Å². The zero-order valence-electron chi connectivity index (χ0n) is 12.0. The fraction of sp³-hybridized carbons (Fsp3) is 0.312. The second-order valence-electron chi connectivity index (χ2n) is 5.55. The summed E-state index contributed by atoms with van der Waals surface area (Å²) in [5.74, 6) is 0.850. The first-order valence-electron chi connectivity index (χ1n) is 7.24. The molecule has 4 heterocycles. The van der Waals surface area contributed by atoms with Gasteiger partial charge in [0.05, 0.1) is 11.4 Å². The van der Waals surface area contributed by atoms with Crippen LogP contribution in [0.1, 0.15) is 22.8 Å². The Hall–Kier alpha value is -2.27. The van der Waals surface area contributed by atoms with E-state index in [4.69, 9.17) is 0 Å². The zero-order chi connectivity index (χ0) is 14.2. The van der Waals surface area contributed by atoms with Gasteiger partial charge in [0, 0.05) is 38.2 Å². The number of imidazole rings is 1. The van der Waals surface area contributed by atoms with E-state index in [1.165, 1.54) is 5.56 Å². The van der Waals surface area contributed by atoms with Gasteiger partial charge in [-0.2, -0.15) is 0 Å².